The molecule has 0 aliphatic rings. The number of phenols is 1. The monoisotopic (exact) mass is 237 g/mol. The minimum Gasteiger partial charge on any atom is -0.508 e. The van der Waals surface area contributed by atoms with E-state index in [2.05, 4.69) is 5.32 Å². The Labute approximate surface area is 99.1 Å². The van der Waals surface area contributed by atoms with Crippen LogP contribution < -0.4 is 5.32 Å². The Hall–Kier alpha value is -2.04. The Morgan fingerprint density at radius 2 is 2.12 bits per heavy atom. The van der Waals surface area contributed by atoms with Gasteiger partial charge in [0.25, 0.3) is 5.91 Å². The summed E-state index contributed by atoms with van der Waals surface area (Å²) in [5.74, 6) is -1.66. The fraction of sp³-hybridized carbons (Fsp3) is 0.333. The maximum absolute atomic E-state index is 11.6. The fourth-order valence-electron chi connectivity index (χ4n) is 1.27. The first-order valence-electron chi connectivity index (χ1n) is 5.30. The van der Waals surface area contributed by atoms with Gasteiger partial charge in [-0.1, -0.05) is 13.0 Å². The number of hydrogen-bond acceptors (Lipinski definition) is 3. The molecule has 17 heavy (non-hydrogen) atoms. The van der Waals surface area contributed by atoms with E-state index in [9.17, 15) is 14.7 Å². The van der Waals surface area contributed by atoms with E-state index in [4.69, 9.17) is 5.11 Å². The number of hydrogen-bond donors (Lipinski definition) is 3. The molecular formula is C12H15NO4. The minimum absolute atomic E-state index is 0.0246. The van der Waals surface area contributed by atoms with E-state index in [1.54, 1.807) is 19.1 Å². The van der Waals surface area contributed by atoms with Gasteiger partial charge in [0, 0.05) is 12.1 Å². The van der Waals surface area contributed by atoms with E-state index in [1.165, 1.54) is 12.1 Å². The lowest BCUT2D eigenvalue weighted by Crippen LogP contribution is -2.26. The zero-order valence-corrected chi connectivity index (χ0v) is 9.51. The van der Waals surface area contributed by atoms with E-state index < -0.39 is 11.9 Å². The maximum atomic E-state index is 11.6. The summed E-state index contributed by atoms with van der Waals surface area (Å²) >= 11 is 0. The molecule has 0 saturated carbocycles. The highest BCUT2D eigenvalue weighted by Gasteiger charge is 2.11. The van der Waals surface area contributed by atoms with Gasteiger partial charge >= 0.3 is 5.97 Å². The van der Waals surface area contributed by atoms with Crippen molar-refractivity contribution in [3.63, 3.8) is 0 Å². The molecule has 1 atom stereocenters. The number of rotatable bonds is 5. The Morgan fingerprint density at radius 1 is 1.41 bits per heavy atom. The molecule has 0 spiro atoms. The molecule has 0 radical (unpaired) electrons. The van der Waals surface area contributed by atoms with Crippen LogP contribution in [0.15, 0.2) is 24.3 Å². The molecule has 0 aromatic heterocycles. The molecule has 0 aliphatic heterocycles. The van der Waals surface area contributed by atoms with Crippen LogP contribution in [0.4, 0.5) is 0 Å². The zero-order chi connectivity index (χ0) is 12.8. The predicted octanol–water partition coefficient (Wildman–Crippen LogP) is 1.23. The smallest absolute Gasteiger partial charge is 0.306 e. The van der Waals surface area contributed by atoms with Gasteiger partial charge in [0.1, 0.15) is 5.75 Å². The van der Waals surface area contributed by atoms with Crippen molar-refractivity contribution in [2.75, 3.05) is 6.54 Å². The average Bonchev–Trinajstić information content (AvgIpc) is 2.28. The predicted molar refractivity (Wildman–Crippen MR) is 61.9 cm³/mol. The second kappa shape index (κ2) is 5.89. The molecule has 0 bridgehead atoms. The minimum atomic E-state index is -0.878. The molecular weight excluding hydrogens is 222 g/mol. The quantitative estimate of drug-likeness (QED) is 0.719. The molecule has 3 N–H and O–H groups in total. The molecule has 5 nitrogen and oxygen atoms in total. The summed E-state index contributed by atoms with van der Waals surface area (Å²) in [4.78, 5) is 22.1. The first-order valence-corrected chi connectivity index (χ1v) is 5.30. The van der Waals surface area contributed by atoms with Crippen molar-refractivity contribution in [3.05, 3.63) is 29.8 Å². The van der Waals surface area contributed by atoms with Crippen LogP contribution in [0.25, 0.3) is 0 Å². The number of carboxylic acids is 1. The lowest BCUT2D eigenvalue weighted by atomic mass is 10.1. The van der Waals surface area contributed by atoms with Gasteiger partial charge in [-0.25, -0.2) is 0 Å². The number of carbonyl (C=O) groups excluding carboxylic acids is 1. The molecule has 5 heteroatoms. The average molecular weight is 237 g/mol. The molecule has 0 aliphatic carbocycles. The molecule has 0 heterocycles. The van der Waals surface area contributed by atoms with Crippen LogP contribution in [0.2, 0.25) is 0 Å². The van der Waals surface area contributed by atoms with Crippen LogP contribution in [-0.4, -0.2) is 28.6 Å². The van der Waals surface area contributed by atoms with Crippen LogP contribution >= 0.6 is 0 Å². The van der Waals surface area contributed by atoms with E-state index in [0.717, 1.165) is 0 Å². The fourth-order valence-corrected chi connectivity index (χ4v) is 1.27. The van der Waals surface area contributed by atoms with E-state index in [-0.39, 0.29) is 11.7 Å². The second-order valence-corrected chi connectivity index (χ2v) is 3.83. The normalized spacial score (nSPS) is 11.8. The SMILES string of the molecule is CC(CCNC(=O)c1cccc(O)c1)C(=O)O. The first kappa shape index (κ1) is 13.0. The van der Waals surface area contributed by atoms with Crippen molar-refractivity contribution in [1.82, 2.24) is 5.32 Å². The second-order valence-electron chi connectivity index (χ2n) is 3.83. The number of amides is 1. The highest BCUT2D eigenvalue weighted by molar-refractivity contribution is 5.94. The van der Waals surface area contributed by atoms with Gasteiger partial charge < -0.3 is 15.5 Å². The third-order valence-corrected chi connectivity index (χ3v) is 2.39. The van der Waals surface area contributed by atoms with E-state index in [0.29, 0.717) is 18.5 Å². The van der Waals surface area contributed by atoms with E-state index in [1.807, 2.05) is 0 Å². The number of carboxylic acid groups (broad SMARTS) is 1. The zero-order valence-electron chi connectivity index (χ0n) is 9.51. The number of aliphatic carboxylic acids is 1. The summed E-state index contributed by atoms with van der Waals surface area (Å²) in [6, 6.07) is 5.99. The van der Waals surface area contributed by atoms with Gasteiger partial charge in [0.15, 0.2) is 0 Å². The van der Waals surface area contributed by atoms with Crippen molar-refractivity contribution < 1.29 is 19.8 Å². The highest BCUT2D eigenvalue weighted by Crippen LogP contribution is 2.10. The van der Waals surface area contributed by atoms with Gasteiger partial charge in [-0.05, 0) is 24.6 Å². The Kier molecular flexibility index (Phi) is 4.51. The number of benzene rings is 1. The third-order valence-electron chi connectivity index (χ3n) is 2.39. The molecule has 1 aromatic carbocycles. The summed E-state index contributed by atoms with van der Waals surface area (Å²) in [5.41, 5.74) is 0.355. The molecule has 0 fully saturated rings. The summed E-state index contributed by atoms with van der Waals surface area (Å²) < 4.78 is 0. The van der Waals surface area contributed by atoms with Gasteiger partial charge in [-0.15, -0.1) is 0 Å². The first-order chi connectivity index (χ1) is 8.00. The summed E-state index contributed by atoms with van der Waals surface area (Å²) in [6.07, 6.45) is 0.375. The number of aromatic hydroxyl groups is 1. The number of phenolic OH excluding ortho intramolecular Hbond substituents is 1. The standard InChI is InChI=1S/C12H15NO4/c1-8(12(16)17)5-6-13-11(15)9-3-2-4-10(14)7-9/h2-4,7-8,14H,5-6H2,1H3,(H,13,15)(H,16,17). The van der Waals surface area contributed by atoms with Crippen LogP contribution in [0.3, 0.4) is 0 Å². The lowest BCUT2D eigenvalue weighted by molar-refractivity contribution is -0.141. The van der Waals surface area contributed by atoms with Gasteiger partial charge in [0.05, 0.1) is 5.92 Å². The third kappa shape index (κ3) is 4.14. The lowest BCUT2D eigenvalue weighted by Gasteiger charge is -2.08. The topological polar surface area (TPSA) is 86.6 Å². The Balaban J connectivity index is 2.43. The van der Waals surface area contributed by atoms with Gasteiger partial charge in [0.2, 0.25) is 0 Å². The van der Waals surface area contributed by atoms with Gasteiger partial charge in [-0.2, -0.15) is 0 Å². The van der Waals surface area contributed by atoms with Crippen molar-refractivity contribution in [3.8, 4) is 5.75 Å². The van der Waals surface area contributed by atoms with Crippen molar-refractivity contribution in [2.24, 2.45) is 5.92 Å². The van der Waals surface area contributed by atoms with Crippen molar-refractivity contribution >= 4 is 11.9 Å². The Bertz CT molecular complexity index is 417. The number of nitrogens with one attached hydrogen (secondary N) is 1. The van der Waals surface area contributed by atoms with Crippen molar-refractivity contribution in [1.29, 1.82) is 0 Å². The Morgan fingerprint density at radius 3 is 2.71 bits per heavy atom. The molecule has 92 valence electrons. The highest BCUT2D eigenvalue weighted by atomic mass is 16.4. The molecule has 1 aromatic rings. The molecule has 1 rings (SSSR count). The maximum Gasteiger partial charge on any atom is 0.306 e. The van der Waals surface area contributed by atoms with E-state index >= 15 is 0 Å². The van der Waals surface area contributed by atoms with Crippen LogP contribution in [0, 0.1) is 5.92 Å². The summed E-state index contributed by atoms with van der Waals surface area (Å²) in [5, 5.41) is 20.4. The van der Waals surface area contributed by atoms with Crippen LogP contribution in [0.1, 0.15) is 23.7 Å². The molecule has 0 saturated heterocycles. The molecule has 1 unspecified atom stereocenters. The van der Waals surface area contributed by atoms with Crippen molar-refractivity contribution in [2.45, 2.75) is 13.3 Å². The summed E-state index contributed by atoms with van der Waals surface area (Å²) in [6.45, 7) is 1.88. The molecule has 1 amide bonds. The summed E-state index contributed by atoms with van der Waals surface area (Å²) in [7, 11) is 0. The number of carbonyl (C=O) groups is 2. The van der Waals surface area contributed by atoms with Crippen LogP contribution in [0.5, 0.6) is 5.75 Å². The van der Waals surface area contributed by atoms with Gasteiger partial charge in [-0.3, -0.25) is 9.59 Å². The van der Waals surface area contributed by atoms with Crippen LogP contribution in [-0.2, 0) is 4.79 Å². The largest absolute Gasteiger partial charge is 0.508 e.